The Kier molecular flexibility index (Phi) is 2.64. The van der Waals surface area contributed by atoms with Crippen molar-refractivity contribution in [2.24, 2.45) is 0 Å². The van der Waals surface area contributed by atoms with E-state index >= 15 is 0 Å². The van der Waals surface area contributed by atoms with E-state index in [0.717, 1.165) is 18.7 Å². The summed E-state index contributed by atoms with van der Waals surface area (Å²) in [7, 11) is 0. The molecular formula is C10H17NO2. The molecule has 3 heteroatoms. The van der Waals surface area contributed by atoms with E-state index < -0.39 is 5.60 Å². The predicted molar refractivity (Wildman–Crippen MR) is 51.3 cm³/mol. The third-order valence-corrected chi connectivity index (χ3v) is 1.83. The van der Waals surface area contributed by atoms with Crippen molar-refractivity contribution in [3.05, 3.63) is 11.8 Å². The molecule has 3 nitrogen and oxygen atoms in total. The summed E-state index contributed by atoms with van der Waals surface area (Å²) in [6, 6.07) is 0. The summed E-state index contributed by atoms with van der Waals surface area (Å²) < 4.78 is 5.24. The molecule has 13 heavy (non-hydrogen) atoms. The molecule has 0 unspecified atom stereocenters. The number of allylic oxidation sites excluding steroid dienone is 1. The van der Waals surface area contributed by atoms with Gasteiger partial charge in [0.25, 0.3) is 0 Å². The molecule has 0 saturated carbocycles. The highest BCUT2D eigenvalue weighted by molar-refractivity contribution is 5.70. The van der Waals surface area contributed by atoms with Crippen LogP contribution < -0.4 is 0 Å². The average Bonchev–Trinajstić information content (AvgIpc) is 2.30. The van der Waals surface area contributed by atoms with Gasteiger partial charge in [-0.15, -0.1) is 0 Å². The fraction of sp³-hybridized carbons (Fsp3) is 0.700. The highest BCUT2D eigenvalue weighted by Gasteiger charge is 2.24. The van der Waals surface area contributed by atoms with Gasteiger partial charge in [-0.1, -0.05) is 6.08 Å². The first-order valence-electron chi connectivity index (χ1n) is 4.57. The van der Waals surface area contributed by atoms with Crippen molar-refractivity contribution in [3.8, 4) is 0 Å². The Labute approximate surface area is 79.4 Å². The molecule has 0 fully saturated rings. The Morgan fingerprint density at radius 3 is 2.54 bits per heavy atom. The van der Waals surface area contributed by atoms with E-state index in [2.05, 4.69) is 0 Å². The van der Waals surface area contributed by atoms with Crippen LogP contribution in [0.4, 0.5) is 4.79 Å². The highest BCUT2D eigenvalue weighted by atomic mass is 16.6. The molecule has 0 spiro atoms. The summed E-state index contributed by atoms with van der Waals surface area (Å²) in [5.41, 5.74) is 0.592. The van der Waals surface area contributed by atoms with E-state index in [0.29, 0.717) is 0 Å². The minimum absolute atomic E-state index is 0.237. The van der Waals surface area contributed by atoms with Crippen LogP contribution >= 0.6 is 0 Å². The highest BCUT2D eigenvalue weighted by Crippen LogP contribution is 2.18. The van der Waals surface area contributed by atoms with Crippen molar-refractivity contribution in [1.29, 1.82) is 0 Å². The number of carbonyl (C=O) groups excluding carboxylic acids is 1. The third-order valence-electron chi connectivity index (χ3n) is 1.83. The maximum atomic E-state index is 11.5. The van der Waals surface area contributed by atoms with E-state index in [4.69, 9.17) is 4.74 Å². The van der Waals surface area contributed by atoms with E-state index in [1.54, 1.807) is 4.90 Å². The molecular weight excluding hydrogens is 166 g/mol. The number of ether oxygens (including phenoxy) is 1. The number of hydrogen-bond acceptors (Lipinski definition) is 2. The van der Waals surface area contributed by atoms with E-state index in [1.807, 2.05) is 33.8 Å². The van der Waals surface area contributed by atoms with Crippen molar-refractivity contribution in [2.75, 3.05) is 6.54 Å². The first kappa shape index (κ1) is 10.1. The Morgan fingerprint density at radius 1 is 1.54 bits per heavy atom. The molecule has 0 N–H and O–H groups in total. The van der Waals surface area contributed by atoms with Crippen molar-refractivity contribution < 1.29 is 9.53 Å². The number of hydrogen-bond donors (Lipinski definition) is 0. The van der Waals surface area contributed by atoms with Gasteiger partial charge in [-0.05, 0) is 34.1 Å². The lowest BCUT2D eigenvalue weighted by atomic mass is 10.2. The first-order chi connectivity index (χ1) is 5.90. The monoisotopic (exact) mass is 183 g/mol. The van der Waals surface area contributed by atoms with Gasteiger partial charge in [0.2, 0.25) is 0 Å². The molecule has 1 amide bonds. The molecule has 0 atom stereocenters. The summed E-state index contributed by atoms with van der Waals surface area (Å²) in [5, 5.41) is 0. The van der Waals surface area contributed by atoms with E-state index in [9.17, 15) is 4.79 Å². The largest absolute Gasteiger partial charge is 0.443 e. The van der Waals surface area contributed by atoms with Gasteiger partial charge >= 0.3 is 6.09 Å². The van der Waals surface area contributed by atoms with E-state index in [1.165, 1.54) is 0 Å². The van der Waals surface area contributed by atoms with Gasteiger partial charge < -0.3 is 4.74 Å². The van der Waals surface area contributed by atoms with Crippen LogP contribution in [0.3, 0.4) is 0 Å². The standard InChI is InChI=1S/C10H17NO2/c1-8-6-5-7-11(8)9(12)13-10(2,3)4/h6H,5,7H2,1-4H3. The molecule has 0 aromatic heterocycles. The van der Waals surface area contributed by atoms with Crippen molar-refractivity contribution in [2.45, 2.75) is 39.7 Å². The van der Waals surface area contributed by atoms with Crippen LogP contribution in [-0.4, -0.2) is 23.1 Å². The topological polar surface area (TPSA) is 29.5 Å². The quantitative estimate of drug-likeness (QED) is 0.577. The number of carbonyl (C=O) groups is 1. The molecule has 0 radical (unpaired) electrons. The fourth-order valence-electron chi connectivity index (χ4n) is 1.24. The lowest BCUT2D eigenvalue weighted by Crippen LogP contribution is -2.34. The summed E-state index contributed by atoms with van der Waals surface area (Å²) >= 11 is 0. The zero-order valence-electron chi connectivity index (χ0n) is 8.76. The molecule has 0 aromatic rings. The van der Waals surface area contributed by atoms with Crippen LogP contribution in [0.15, 0.2) is 11.8 Å². The van der Waals surface area contributed by atoms with Gasteiger partial charge in [-0.25, -0.2) is 4.79 Å². The van der Waals surface area contributed by atoms with Gasteiger partial charge in [0, 0.05) is 12.2 Å². The van der Waals surface area contributed by atoms with Crippen LogP contribution in [0, 0.1) is 0 Å². The van der Waals surface area contributed by atoms with Gasteiger partial charge in [0.15, 0.2) is 0 Å². The smallest absolute Gasteiger partial charge is 0.414 e. The molecule has 1 rings (SSSR count). The molecule has 0 saturated heterocycles. The van der Waals surface area contributed by atoms with Gasteiger partial charge in [0.1, 0.15) is 5.60 Å². The second-order valence-corrected chi connectivity index (χ2v) is 4.27. The van der Waals surface area contributed by atoms with Crippen LogP contribution in [0.2, 0.25) is 0 Å². The zero-order valence-corrected chi connectivity index (χ0v) is 8.76. The lowest BCUT2D eigenvalue weighted by Gasteiger charge is -2.25. The molecule has 0 aromatic carbocycles. The number of nitrogens with zero attached hydrogens (tertiary/aromatic N) is 1. The third kappa shape index (κ3) is 2.76. The Bertz CT molecular complexity index is 238. The average molecular weight is 183 g/mol. The fourth-order valence-corrected chi connectivity index (χ4v) is 1.24. The van der Waals surface area contributed by atoms with Crippen LogP contribution in [0.25, 0.3) is 0 Å². The van der Waals surface area contributed by atoms with Crippen molar-refractivity contribution in [3.63, 3.8) is 0 Å². The second kappa shape index (κ2) is 3.40. The molecule has 1 aliphatic heterocycles. The number of rotatable bonds is 0. The maximum absolute atomic E-state index is 11.5. The van der Waals surface area contributed by atoms with Crippen LogP contribution in [-0.2, 0) is 4.74 Å². The normalized spacial score (nSPS) is 17.2. The molecule has 0 bridgehead atoms. The predicted octanol–water partition coefficient (Wildman–Crippen LogP) is 2.53. The SMILES string of the molecule is CC1=CCCN1C(=O)OC(C)(C)C. The maximum Gasteiger partial charge on any atom is 0.414 e. The van der Waals surface area contributed by atoms with Crippen LogP contribution in [0.5, 0.6) is 0 Å². The molecule has 0 aliphatic carbocycles. The minimum atomic E-state index is -0.403. The molecule has 1 heterocycles. The van der Waals surface area contributed by atoms with Gasteiger partial charge in [-0.3, -0.25) is 4.90 Å². The lowest BCUT2D eigenvalue weighted by molar-refractivity contribution is 0.0331. The summed E-state index contributed by atoms with van der Waals surface area (Å²) in [6.45, 7) is 8.30. The Balaban J connectivity index is 2.54. The minimum Gasteiger partial charge on any atom is -0.443 e. The van der Waals surface area contributed by atoms with Crippen LogP contribution in [0.1, 0.15) is 34.1 Å². The van der Waals surface area contributed by atoms with Gasteiger partial charge in [0.05, 0.1) is 0 Å². The van der Waals surface area contributed by atoms with E-state index in [-0.39, 0.29) is 6.09 Å². The summed E-state index contributed by atoms with van der Waals surface area (Å²) in [5.74, 6) is 0. The molecule has 74 valence electrons. The second-order valence-electron chi connectivity index (χ2n) is 4.27. The number of amides is 1. The zero-order chi connectivity index (χ0) is 10.1. The van der Waals surface area contributed by atoms with Crippen molar-refractivity contribution in [1.82, 2.24) is 4.90 Å². The summed E-state index contributed by atoms with van der Waals surface area (Å²) in [6.07, 6.45) is 2.74. The van der Waals surface area contributed by atoms with Crippen molar-refractivity contribution >= 4 is 6.09 Å². The Hall–Kier alpha value is -0.990. The van der Waals surface area contributed by atoms with Gasteiger partial charge in [-0.2, -0.15) is 0 Å². The summed E-state index contributed by atoms with van der Waals surface area (Å²) in [4.78, 5) is 13.2. The molecule has 1 aliphatic rings. The first-order valence-corrected chi connectivity index (χ1v) is 4.57. The Morgan fingerprint density at radius 2 is 2.15 bits per heavy atom.